The van der Waals surface area contributed by atoms with Crippen molar-refractivity contribution < 1.29 is 14.3 Å². The fourth-order valence-corrected chi connectivity index (χ4v) is 4.27. The second-order valence-electron chi connectivity index (χ2n) is 7.15. The Morgan fingerprint density at radius 1 is 0.967 bits per heavy atom. The molecule has 0 bridgehead atoms. The first-order valence-electron chi connectivity index (χ1n) is 9.80. The lowest BCUT2D eigenvalue weighted by molar-refractivity contribution is 0.0741. The molecule has 1 fully saturated rings. The Morgan fingerprint density at radius 2 is 1.63 bits per heavy atom. The van der Waals surface area contributed by atoms with E-state index in [0.717, 1.165) is 35.1 Å². The number of rotatable bonds is 5. The molecule has 0 atom stereocenters. The number of piperazine rings is 1. The molecule has 154 valence electrons. The van der Waals surface area contributed by atoms with Crippen LogP contribution in [0.1, 0.15) is 27.8 Å². The Morgan fingerprint density at radius 3 is 2.23 bits per heavy atom. The van der Waals surface area contributed by atoms with Crippen LogP contribution in [-0.4, -0.2) is 54.9 Å². The van der Waals surface area contributed by atoms with Crippen molar-refractivity contribution in [2.75, 3.05) is 38.2 Å². The highest BCUT2D eigenvalue weighted by atomic mass is 32.1. The molecule has 0 N–H and O–H groups in total. The third-order valence-electron chi connectivity index (χ3n) is 5.27. The molecule has 2 heterocycles. The predicted molar refractivity (Wildman–Crippen MR) is 119 cm³/mol. The Labute approximate surface area is 179 Å². The highest BCUT2D eigenvalue weighted by molar-refractivity contribution is 7.13. The molecule has 6 nitrogen and oxygen atoms in total. The standard InChI is InChI=1S/C23H23N3O3S/c1-16(27)17-3-7-19(8-4-17)25-11-13-26(14-12-25)23(28)21-15-30-22(24-21)18-5-9-20(29-2)10-6-18/h3-10,15H,11-14H2,1-2H3. The third-order valence-corrected chi connectivity index (χ3v) is 6.16. The summed E-state index contributed by atoms with van der Waals surface area (Å²) in [5.74, 6) is 0.826. The second-order valence-corrected chi connectivity index (χ2v) is 8.01. The number of carbonyl (C=O) groups excluding carboxylic acids is 2. The second kappa shape index (κ2) is 8.67. The van der Waals surface area contributed by atoms with Crippen LogP contribution in [0.15, 0.2) is 53.9 Å². The molecule has 0 unspecified atom stereocenters. The molecule has 1 saturated heterocycles. The van der Waals surface area contributed by atoms with E-state index in [2.05, 4.69) is 9.88 Å². The minimum Gasteiger partial charge on any atom is -0.497 e. The largest absolute Gasteiger partial charge is 0.497 e. The normalized spacial score (nSPS) is 13.9. The Bertz CT molecular complexity index is 1040. The highest BCUT2D eigenvalue weighted by Gasteiger charge is 2.24. The van der Waals surface area contributed by atoms with Crippen molar-refractivity contribution in [1.82, 2.24) is 9.88 Å². The summed E-state index contributed by atoms with van der Waals surface area (Å²) in [6, 6.07) is 15.3. The Kier molecular flexibility index (Phi) is 5.81. The molecule has 0 saturated carbocycles. The van der Waals surface area contributed by atoms with Gasteiger partial charge in [0.25, 0.3) is 5.91 Å². The van der Waals surface area contributed by atoms with Crippen LogP contribution in [-0.2, 0) is 0 Å². The number of nitrogens with zero attached hydrogens (tertiary/aromatic N) is 3. The van der Waals surface area contributed by atoms with Crippen molar-refractivity contribution in [1.29, 1.82) is 0 Å². The van der Waals surface area contributed by atoms with Crippen LogP contribution in [0.3, 0.4) is 0 Å². The van der Waals surface area contributed by atoms with Gasteiger partial charge in [0, 0.05) is 48.4 Å². The lowest BCUT2D eigenvalue weighted by Gasteiger charge is -2.35. The van der Waals surface area contributed by atoms with Crippen molar-refractivity contribution in [3.63, 3.8) is 0 Å². The lowest BCUT2D eigenvalue weighted by Crippen LogP contribution is -2.48. The van der Waals surface area contributed by atoms with Gasteiger partial charge in [0.1, 0.15) is 16.5 Å². The number of hydrogen-bond donors (Lipinski definition) is 0. The van der Waals surface area contributed by atoms with E-state index in [1.54, 1.807) is 14.0 Å². The average molecular weight is 422 g/mol. The number of ether oxygens (including phenoxy) is 1. The summed E-state index contributed by atoms with van der Waals surface area (Å²) < 4.78 is 5.19. The molecule has 7 heteroatoms. The number of ketones is 1. The van der Waals surface area contributed by atoms with Crippen molar-refractivity contribution in [2.24, 2.45) is 0 Å². The molecule has 3 aromatic rings. The van der Waals surface area contributed by atoms with Crippen LogP contribution in [0.25, 0.3) is 10.6 Å². The third kappa shape index (κ3) is 4.21. The molecule has 1 aliphatic rings. The average Bonchev–Trinajstić information content (AvgIpc) is 3.29. The van der Waals surface area contributed by atoms with Crippen LogP contribution in [0.2, 0.25) is 0 Å². The number of methoxy groups -OCH3 is 1. The maximum absolute atomic E-state index is 12.9. The Hall–Kier alpha value is -3.19. The number of amides is 1. The molecule has 30 heavy (non-hydrogen) atoms. The molecule has 1 aromatic heterocycles. The molecule has 1 aliphatic heterocycles. The number of aromatic nitrogens is 1. The van der Waals surface area contributed by atoms with E-state index < -0.39 is 0 Å². The summed E-state index contributed by atoms with van der Waals surface area (Å²) in [5, 5.41) is 2.65. The molecule has 1 amide bonds. The van der Waals surface area contributed by atoms with Gasteiger partial charge in [-0.05, 0) is 55.5 Å². The topological polar surface area (TPSA) is 62.7 Å². The number of hydrogen-bond acceptors (Lipinski definition) is 6. The number of thiazole rings is 1. The lowest BCUT2D eigenvalue weighted by atomic mass is 10.1. The van der Waals surface area contributed by atoms with Crippen molar-refractivity contribution in [3.05, 3.63) is 65.2 Å². The van der Waals surface area contributed by atoms with Gasteiger partial charge in [-0.1, -0.05) is 0 Å². The van der Waals surface area contributed by atoms with Crippen LogP contribution < -0.4 is 9.64 Å². The van der Waals surface area contributed by atoms with Crippen molar-refractivity contribution in [3.8, 4) is 16.3 Å². The maximum atomic E-state index is 12.9. The van der Waals surface area contributed by atoms with Crippen LogP contribution in [0.5, 0.6) is 5.75 Å². The van der Waals surface area contributed by atoms with Crippen LogP contribution in [0.4, 0.5) is 5.69 Å². The van der Waals surface area contributed by atoms with E-state index in [9.17, 15) is 9.59 Å². The maximum Gasteiger partial charge on any atom is 0.273 e. The molecule has 4 rings (SSSR count). The Balaban J connectivity index is 1.38. The summed E-state index contributed by atoms with van der Waals surface area (Å²) in [5.41, 5.74) is 3.25. The van der Waals surface area contributed by atoms with Gasteiger partial charge >= 0.3 is 0 Å². The van der Waals surface area contributed by atoms with Gasteiger partial charge in [0.2, 0.25) is 0 Å². The van der Waals surface area contributed by atoms with Gasteiger partial charge in [-0.3, -0.25) is 9.59 Å². The van der Waals surface area contributed by atoms with E-state index in [-0.39, 0.29) is 11.7 Å². The van der Waals surface area contributed by atoms with Gasteiger partial charge in [-0.25, -0.2) is 4.98 Å². The smallest absolute Gasteiger partial charge is 0.273 e. The molecular formula is C23H23N3O3S. The summed E-state index contributed by atoms with van der Waals surface area (Å²) >= 11 is 1.47. The van der Waals surface area contributed by atoms with Crippen LogP contribution in [0, 0.1) is 0 Å². The highest BCUT2D eigenvalue weighted by Crippen LogP contribution is 2.26. The first-order chi connectivity index (χ1) is 14.5. The van der Waals surface area contributed by atoms with Crippen molar-refractivity contribution in [2.45, 2.75) is 6.92 Å². The zero-order valence-corrected chi connectivity index (χ0v) is 17.8. The van der Waals surface area contributed by atoms with Gasteiger partial charge < -0.3 is 14.5 Å². The zero-order valence-electron chi connectivity index (χ0n) is 17.0. The SMILES string of the molecule is COc1ccc(-c2nc(C(=O)N3CCN(c4ccc(C(C)=O)cc4)CC3)cs2)cc1. The minimum atomic E-state index is -0.0300. The minimum absolute atomic E-state index is 0.0300. The molecule has 0 aliphatic carbocycles. The summed E-state index contributed by atoms with van der Waals surface area (Å²) in [6.45, 7) is 4.35. The predicted octanol–water partition coefficient (Wildman–Crippen LogP) is 3.98. The van der Waals surface area contributed by atoms with Crippen molar-refractivity contribution >= 4 is 28.7 Å². The fourth-order valence-electron chi connectivity index (χ4n) is 3.47. The molecule has 0 spiro atoms. The van der Waals surface area contributed by atoms with Crippen LogP contribution >= 0.6 is 11.3 Å². The van der Waals surface area contributed by atoms with E-state index in [1.807, 2.05) is 58.8 Å². The van der Waals surface area contributed by atoms with Gasteiger partial charge in [-0.2, -0.15) is 0 Å². The number of benzene rings is 2. The summed E-state index contributed by atoms with van der Waals surface area (Å²) in [6.07, 6.45) is 0. The monoisotopic (exact) mass is 421 g/mol. The van der Waals surface area contributed by atoms with Gasteiger partial charge in [-0.15, -0.1) is 11.3 Å². The van der Waals surface area contributed by atoms with E-state index in [1.165, 1.54) is 11.3 Å². The summed E-state index contributed by atoms with van der Waals surface area (Å²) in [4.78, 5) is 33.0. The zero-order chi connectivity index (χ0) is 21.1. The van der Waals surface area contributed by atoms with E-state index in [0.29, 0.717) is 24.3 Å². The molecule has 0 radical (unpaired) electrons. The van der Waals surface area contributed by atoms with E-state index >= 15 is 0 Å². The number of carbonyl (C=O) groups is 2. The first kappa shape index (κ1) is 20.1. The summed E-state index contributed by atoms with van der Waals surface area (Å²) in [7, 11) is 1.63. The number of anilines is 1. The molecular weight excluding hydrogens is 398 g/mol. The quantitative estimate of drug-likeness (QED) is 0.583. The van der Waals surface area contributed by atoms with Gasteiger partial charge in [0.15, 0.2) is 5.78 Å². The first-order valence-corrected chi connectivity index (χ1v) is 10.7. The van der Waals surface area contributed by atoms with E-state index in [4.69, 9.17) is 4.74 Å². The number of Topliss-reactive ketones (excluding diaryl/α,β-unsaturated/α-hetero) is 1. The van der Waals surface area contributed by atoms with Gasteiger partial charge in [0.05, 0.1) is 7.11 Å². The fraction of sp³-hybridized carbons (Fsp3) is 0.261. The molecule has 2 aromatic carbocycles.